The summed E-state index contributed by atoms with van der Waals surface area (Å²) >= 11 is 0. The first-order chi connectivity index (χ1) is 13.8. The van der Waals surface area contributed by atoms with Gasteiger partial charge in [-0.05, 0) is 56.7 Å². The Morgan fingerprint density at radius 1 is 1.03 bits per heavy atom. The lowest BCUT2D eigenvalue weighted by atomic mass is 10.1. The molecule has 0 spiro atoms. The number of nitrogens with one attached hydrogen (secondary N) is 1. The Hall–Kier alpha value is -2.58. The highest BCUT2D eigenvalue weighted by atomic mass is 32.2. The predicted molar refractivity (Wildman–Crippen MR) is 120 cm³/mol. The third-order valence-corrected chi connectivity index (χ3v) is 6.14. The van der Waals surface area contributed by atoms with Gasteiger partial charge in [-0.2, -0.15) is 0 Å². The van der Waals surface area contributed by atoms with E-state index in [4.69, 9.17) is 4.74 Å². The Balaban J connectivity index is 2.29. The van der Waals surface area contributed by atoms with Crippen LogP contribution in [0.15, 0.2) is 47.4 Å². The first-order valence-electron chi connectivity index (χ1n) is 9.58. The quantitative estimate of drug-likeness (QED) is 0.726. The number of carbonyl (C=O) groups is 1. The van der Waals surface area contributed by atoms with Crippen LogP contribution in [0.4, 0.5) is 5.69 Å². The van der Waals surface area contributed by atoms with Crippen molar-refractivity contribution in [2.45, 2.75) is 37.8 Å². The van der Waals surface area contributed by atoms with Crippen molar-refractivity contribution < 1.29 is 17.9 Å². The zero-order valence-electron chi connectivity index (χ0n) is 18.7. The molecule has 8 heteroatoms. The lowest BCUT2D eigenvalue weighted by molar-refractivity contribution is 0.0785. The number of hydrogen-bond acceptors (Lipinski definition) is 5. The van der Waals surface area contributed by atoms with Crippen LogP contribution in [0, 0.1) is 0 Å². The summed E-state index contributed by atoms with van der Waals surface area (Å²) in [5.41, 5.74) is 1.66. The van der Waals surface area contributed by atoms with Crippen molar-refractivity contribution in [3.63, 3.8) is 0 Å². The predicted octanol–water partition coefficient (Wildman–Crippen LogP) is 3.11. The Labute approximate surface area is 179 Å². The van der Waals surface area contributed by atoms with Crippen molar-refractivity contribution in [3.05, 3.63) is 53.6 Å². The summed E-state index contributed by atoms with van der Waals surface area (Å²) in [6.45, 7) is 5.66. The average Bonchev–Trinajstić information content (AvgIpc) is 2.65. The van der Waals surface area contributed by atoms with Gasteiger partial charge in [0.2, 0.25) is 10.0 Å². The van der Waals surface area contributed by atoms with Crippen molar-refractivity contribution in [3.8, 4) is 5.75 Å². The molecule has 7 nitrogen and oxygen atoms in total. The van der Waals surface area contributed by atoms with Crippen LogP contribution in [-0.2, 0) is 16.6 Å². The third kappa shape index (κ3) is 5.96. The van der Waals surface area contributed by atoms with Crippen LogP contribution in [-0.4, -0.2) is 53.0 Å². The van der Waals surface area contributed by atoms with E-state index >= 15 is 0 Å². The number of carbonyl (C=O) groups excluding carboxylic acids is 1. The van der Waals surface area contributed by atoms with Crippen LogP contribution in [0.1, 0.15) is 36.7 Å². The van der Waals surface area contributed by atoms with Gasteiger partial charge in [0.15, 0.2) is 0 Å². The van der Waals surface area contributed by atoms with Gasteiger partial charge in [-0.1, -0.05) is 12.1 Å². The Kier molecular flexibility index (Phi) is 7.15. The number of rotatable bonds is 7. The number of nitrogens with zero attached hydrogens (tertiary/aromatic N) is 2. The Morgan fingerprint density at radius 3 is 2.13 bits per heavy atom. The Bertz CT molecular complexity index is 994. The molecule has 0 aliphatic carbocycles. The molecular formula is C22H31N3O4S. The summed E-state index contributed by atoms with van der Waals surface area (Å²) in [7, 11) is 3.16. The van der Waals surface area contributed by atoms with Crippen LogP contribution in [0.3, 0.4) is 0 Å². The fraction of sp³-hybridized carbons (Fsp3) is 0.409. The SMILES string of the molecule is COc1ccc(C(=O)N(C)Cc2ccc(N(C)C)cc2)cc1S(=O)(=O)NC(C)(C)C. The summed E-state index contributed by atoms with van der Waals surface area (Å²) in [6, 6.07) is 12.4. The Morgan fingerprint density at radius 2 is 1.63 bits per heavy atom. The van der Waals surface area contributed by atoms with Crippen molar-refractivity contribution in [1.29, 1.82) is 0 Å². The van der Waals surface area contributed by atoms with E-state index < -0.39 is 15.6 Å². The number of benzene rings is 2. The molecule has 0 aliphatic rings. The fourth-order valence-electron chi connectivity index (χ4n) is 2.94. The molecule has 1 N–H and O–H groups in total. The van der Waals surface area contributed by atoms with Crippen molar-refractivity contribution in [2.24, 2.45) is 0 Å². The van der Waals surface area contributed by atoms with Gasteiger partial charge in [0.1, 0.15) is 10.6 Å². The van der Waals surface area contributed by atoms with E-state index in [1.54, 1.807) is 38.8 Å². The zero-order valence-corrected chi connectivity index (χ0v) is 19.5. The monoisotopic (exact) mass is 433 g/mol. The van der Waals surface area contributed by atoms with Crippen LogP contribution in [0.25, 0.3) is 0 Å². The molecule has 0 radical (unpaired) electrons. The molecule has 2 aromatic rings. The number of sulfonamides is 1. The van der Waals surface area contributed by atoms with Crippen LogP contribution < -0.4 is 14.4 Å². The molecule has 30 heavy (non-hydrogen) atoms. The second-order valence-corrected chi connectivity index (χ2v) is 10.1. The molecule has 0 heterocycles. The largest absolute Gasteiger partial charge is 0.495 e. The van der Waals surface area contributed by atoms with Gasteiger partial charge in [-0.3, -0.25) is 4.79 Å². The van der Waals surface area contributed by atoms with Crippen molar-refractivity contribution in [2.75, 3.05) is 33.2 Å². The van der Waals surface area contributed by atoms with Gasteiger partial charge in [0.05, 0.1) is 7.11 Å². The molecule has 0 saturated heterocycles. The highest BCUT2D eigenvalue weighted by Gasteiger charge is 2.27. The van der Waals surface area contributed by atoms with E-state index in [9.17, 15) is 13.2 Å². The molecule has 0 saturated carbocycles. The fourth-order valence-corrected chi connectivity index (χ4v) is 4.56. The lowest BCUT2D eigenvalue weighted by Gasteiger charge is -2.22. The van der Waals surface area contributed by atoms with E-state index in [-0.39, 0.29) is 22.1 Å². The lowest BCUT2D eigenvalue weighted by Crippen LogP contribution is -2.40. The van der Waals surface area contributed by atoms with Gasteiger partial charge >= 0.3 is 0 Å². The second-order valence-electron chi connectivity index (χ2n) is 8.44. The molecule has 0 aromatic heterocycles. The van der Waals surface area contributed by atoms with Gasteiger partial charge in [0, 0.05) is 44.5 Å². The molecule has 2 rings (SSSR count). The minimum absolute atomic E-state index is 0.0606. The minimum Gasteiger partial charge on any atom is -0.495 e. The summed E-state index contributed by atoms with van der Waals surface area (Å²) < 4.78 is 33.5. The summed E-state index contributed by atoms with van der Waals surface area (Å²) in [5.74, 6) is -0.0909. The molecular weight excluding hydrogens is 402 g/mol. The van der Waals surface area contributed by atoms with Crippen LogP contribution in [0.5, 0.6) is 5.75 Å². The molecule has 0 aliphatic heterocycles. The molecule has 0 fully saturated rings. The van der Waals surface area contributed by atoms with Gasteiger partial charge < -0.3 is 14.5 Å². The van der Waals surface area contributed by atoms with Crippen LogP contribution >= 0.6 is 0 Å². The van der Waals surface area contributed by atoms with Crippen molar-refractivity contribution in [1.82, 2.24) is 9.62 Å². The van der Waals surface area contributed by atoms with Gasteiger partial charge in [-0.25, -0.2) is 13.1 Å². The number of methoxy groups -OCH3 is 1. The molecule has 2 aromatic carbocycles. The first-order valence-corrected chi connectivity index (χ1v) is 11.1. The molecule has 0 atom stereocenters. The van der Waals surface area contributed by atoms with E-state index in [1.165, 1.54) is 19.2 Å². The molecule has 0 unspecified atom stereocenters. The smallest absolute Gasteiger partial charge is 0.253 e. The van der Waals surface area contributed by atoms with E-state index in [1.807, 2.05) is 43.3 Å². The maximum Gasteiger partial charge on any atom is 0.253 e. The van der Waals surface area contributed by atoms with Crippen molar-refractivity contribution >= 4 is 21.6 Å². The number of anilines is 1. The maximum absolute atomic E-state index is 12.9. The standard InChI is InChI=1S/C22H31N3O4S/c1-22(2,3)23-30(27,28)20-14-17(10-13-19(20)29-7)21(26)25(6)15-16-8-11-18(12-9-16)24(4)5/h8-14,23H,15H2,1-7H3. The summed E-state index contributed by atoms with van der Waals surface area (Å²) in [5, 5.41) is 0. The number of hydrogen-bond donors (Lipinski definition) is 1. The first kappa shape index (κ1) is 23.7. The third-order valence-electron chi connectivity index (χ3n) is 4.36. The zero-order chi connectivity index (χ0) is 22.7. The summed E-state index contributed by atoms with van der Waals surface area (Å²) in [4.78, 5) is 16.4. The minimum atomic E-state index is -3.86. The van der Waals surface area contributed by atoms with E-state index in [0.717, 1.165) is 11.3 Å². The number of amides is 1. The topological polar surface area (TPSA) is 79.0 Å². The van der Waals surface area contributed by atoms with Gasteiger partial charge in [0.25, 0.3) is 5.91 Å². The maximum atomic E-state index is 12.9. The van der Waals surface area contributed by atoms with E-state index in [0.29, 0.717) is 6.54 Å². The molecule has 0 bridgehead atoms. The highest BCUT2D eigenvalue weighted by Crippen LogP contribution is 2.27. The van der Waals surface area contributed by atoms with Crippen LogP contribution in [0.2, 0.25) is 0 Å². The van der Waals surface area contributed by atoms with Gasteiger partial charge in [-0.15, -0.1) is 0 Å². The average molecular weight is 434 g/mol. The molecule has 1 amide bonds. The normalized spacial score (nSPS) is 11.8. The van der Waals surface area contributed by atoms with E-state index in [2.05, 4.69) is 4.72 Å². The highest BCUT2D eigenvalue weighted by molar-refractivity contribution is 7.89. The second kappa shape index (κ2) is 9.06. The number of ether oxygens (including phenoxy) is 1. The molecule has 164 valence electrons. The summed E-state index contributed by atoms with van der Waals surface area (Å²) in [6.07, 6.45) is 0.